The van der Waals surface area contributed by atoms with Crippen LogP contribution in [0.3, 0.4) is 0 Å². The van der Waals surface area contributed by atoms with Gasteiger partial charge in [0.2, 0.25) is 0 Å². The molecule has 0 saturated heterocycles. The molecule has 0 fully saturated rings. The predicted molar refractivity (Wildman–Crippen MR) is 74.0 cm³/mol. The zero-order valence-electron chi connectivity index (χ0n) is 11.2. The summed E-state index contributed by atoms with van der Waals surface area (Å²) in [5.41, 5.74) is 4.89. The predicted octanol–water partition coefficient (Wildman–Crippen LogP) is 2.99. The molecule has 1 atom stereocenters. The minimum Gasteiger partial charge on any atom is -0.469 e. The highest BCUT2D eigenvalue weighted by molar-refractivity contribution is 5.78. The smallest absolute Gasteiger partial charge is 0.314 e. The zero-order valence-corrected chi connectivity index (χ0v) is 11.2. The van der Waals surface area contributed by atoms with Gasteiger partial charge in [-0.15, -0.1) is 0 Å². The van der Waals surface area contributed by atoms with Crippen molar-refractivity contribution in [2.45, 2.75) is 25.8 Å². The van der Waals surface area contributed by atoms with E-state index in [0.717, 1.165) is 18.7 Å². The summed E-state index contributed by atoms with van der Waals surface area (Å²) in [6.07, 6.45) is 1.01. The number of benzene rings is 1. The Morgan fingerprint density at radius 2 is 2.05 bits per heavy atom. The third-order valence-corrected chi connectivity index (χ3v) is 3.91. The lowest BCUT2D eigenvalue weighted by Crippen LogP contribution is -2.18. The molecule has 0 N–H and O–H groups in total. The van der Waals surface area contributed by atoms with Crippen LogP contribution in [0.1, 0.15) is 24.1 Å². The van der Waals surface area contributed by atoms with Crippen molar-refractivity contribution in [3.05, 3.63) is 47.7 Å². The average molecular weight is 255 g/mol. The van der Waals surface area contributed by atoms with Crippen LogP contribution >= 0.6 is 0 Å². The van der Waals surface area contributed by atoms with E-state index in [1.165, 1.54) is 23.9 Å². The van der Waals surface area contributed by atoms with Gasteiger partial charge in [-0.05, 0) is 31.0 Å². The first-order chi connectivity index (χ1) is 9.22. The van der Waals surface area contributed by atoms with Gasteiger partial charge in [0.15, 0.2) is 0 Å². The van der Waals surface area contributed by atoms with Crippen molar-refractivity contribution in [1.29, 1.82) is 0 Å². The number of aryl methyl sites for hydroxylation is 1. The van der Waals surface area contributed by atoms with Gasteiger partial charge in [0.05, 0.1) is 13.0 Å². The molecule has 3 nitrogen and oxygen atoms in total. The minimum atomic E-state index is -0.219. The van der Waals surface area contributed by atoms with Gasteiger partial charge in [-0.25, -0.2) is 0 Å². The molecule has 0 saturated carbocycles. The third-order valence-electron chi connectivity index (χ3n) is 3.91. The number of carbonyl (C=O) groups is 1. The number of carbonyl (C=O) groups excluding carboxylic acids is 1. The quantitative estimate of drug-likeness (QED) is 0.772. The van der Waals surface area contributed by atoms with E-state index >= 15 is 0 Å². The fourth-order valence-electron chi connectivity index (χ4n) is 2.86. The molecule has 1 aliphatic rings. The molecule has 0 aliphatic carbocycles. The van der Waals surface area contributed by atoms with Gasteiger partial charge in [0, 0.05) is 23.5 Å². The monoisotopic (exact) mass is 255 g/mol. The largest absolute Gasteiger partial charge is 0.469 e. The molecule has 1 aliphatic heterocycles. The molecule has 1 aromatic heterocycles. The number of aromatic nitrogens is 1. The molecule has 0 spiro atoms. The molecular formula is C16H17NO2. The van der Waals surface area contributed by atoms with E-state index in [-0.39, 0.29) is 11.9 Å². The van der Waals surface area contributed by atoms with Crippen LogP contribution in [0.25, 0.3) is 11.3 Å². The maximum atomic E-state index is 11.7. The van der Waals surface area contributed by atoms with Gasteiger partial charge < -0.3 is 9.30 Å². The van der Waals surface area contributed by atoms with Gasteiger partial charge in [0.1, 0.15) is 0 Å². The minimum absolute atomic E-state index is 0.181. The summed E-state index contributed by atoms with van der Waals surface area (Å²) < 4.78 is 7.08. The summed E-state index contributed by atoms with van der Waals surface area (Å²) >= 11 is 0. The molecule has 2 heterocycles. The Balaban J connectivity index is 2.07. The van der Waals surface area contributed by atoms with Crippen LogP contribution in [0.2, 0.25) is 0 Å². The number of nitrogens with zero attached hydrogens (tertiary/aromatic N) is 1. The average Bonchev–Trinajstić information content (AvgIpc) is 2.89. The lowest BCUT2D eigenvalue weighted by molar-refractivity contribution is -0.142. The van der Waals surface area contributed by atoms with Crippen molar-refractivity contribution in [2.24, 2.45) is 0 Å². The maximum absolute atomic E-state index is 11.7. The van der Waals surface area contributed by atoms with E-state index < -0.39 is 0 Å². The summed E-state index contributed by atoms with van der Waals surface area (Å²) in [5, 5.41) is 0. The second-order valence-electron chi connectivity index (χ2n) is 4.95. The topological polar surface area (TPSA) is 31.2 Å². The van der Waals surface area contributed by atoms with Crippen molar-refractivity contribution in [3.63, 3.8) is 0 Å². The van der Waals surface area contributed by atoms with E-state index in [1.807, 2.05) is 13.0 Å². The van der Waals surface area contributed by atoms with Gasteiger partial charge in [-0.1, -0.05) is 24.3 Å². The summed E-state index contributed by atoms with van der Waals surface area (Å²) in [6, 6.07) is 12.6. The first-order valence-corrected chi connectivity index (χ1v) is 6.58. The van der Waals surface area contributed by atoms with E-state index in [1.54, 1.807) is 0 Å². The lowest BCUT2D eigenvalue weighted by Gasteiger charge is -2.22. The Kier molecular flexibility index (Phi) is 2.90. The summed E-state index contributed by atoms with van der Waals surface area (Å²) in [5.74, 6) is -0.399. The second kappa shape index (κ2) is 4.57. The normalized spacial score (nSPS) is 14.4. The Morgan fingerprint density at radius 3 is 2.84 bits per heavy atom. The second-order valence-corrected chi connectivity index (χ2v) is 4.95. The Hall–Kier alpha value is -2.03. The first kappa shape index (κ1) is 12.0. The number of hydrogen-bond acceptors (Lipinski definition) is 2. The van der Waals surface area contributed by atoms with Gasteiger partial charge >= 0.3 is 5.97 Å². The van der Waals surface area contributed by atoms with Crippen molar-refractivity contribution >= 4 is 5.97 Å². The van der Waals surface area contributed by atoms with Crippen molar-refractivity contribution in [3.8, 4) is 11.3 Å². The van der Waals surface area contributed by atoms with Crippen LogP contribution < -0.4 is 0 Å². The molecule has 0 amide bonds. The third kappa shape index (κ3) is 1.86. The van der Waals surface area contributed by atoms with Gasteiger partial charge in [-0.2, -0.15) is 0 Å². The molecule has 98 valence electrons. The molecule has 0 bridgehead atoms. The Bertz CT molecular complexity index is 627. The first-order valence-electron chi connectivity index (χ1n) is 6.58. The van der Waals surface area contributed by atoms with Gasteiger partial charge in [-0.3, -0.25) is 4.79 Å². The Labute approximate surface area is 112 Å². The van der Waals surface area contributed by atoms with Crippen LogP contribution in [0, 0.1) is 0 Å². The summed E-state index contributed by atoms with van der Waals surface area (Å²) in [4.78, 5) is 11.7. The molecule has 0 radical (unpaired) electrons. The highest BCUT2D eigenvalue weighted by Crippen LogP contribution is 2.33. The molecule has 1 unspecified atom stereocenters. The fraction of sp³-hybridized carbons (Fsp3) is 0.312. The fourth-order valence-corrected chi connectivity index (χ4v) is 2.86. The van der Waals surface area contributed by atoms with Gasteiger partial charge in [0.25, 0.3) is 0 Å². The standard InChI is InChI=1S/C16H17NO2/c1-11(16(18)19-2)14-7-8-15-13-6-4-3-5-12(13)9-10-17(14)15/h3-8,11H,9-10H2,1-2H3. The molecular weight excluding hydrogens is 238 g/mol. The maximum Gasteiger partial charge on any atom is 0.314 e. The molecule has 3 rings (SSSR count). The summed E-state index contributed by atoms with van der Waals surface area (Å²) in [6.45, 7) is 2.82. The number of methoxy groups -OCH3 is 1. The molecule has 19 heavy (non-hydrogen) atoms. The highest BCUT2D eigenvalue weighted by atomic mass is 16.5. The van der Waals surface area contributed by atoms with E-state index in [4.69, 9.17) is 4.74 Å². The highest BCUT2D eigenvalue weighted by Gasteiger charge is 2.24. The van der Waals surface area contributed by atoms with Crippen molar-refractivity contribution < 1.29 is 9.53 Å². The number of hydrogen-bond donors (Lipinski definition) is 0. The number of ether oxygens (including phenoxy) is 1. The van der Waals surface area contributed by atoms with Crippen LogP contribution in [0.5, 0.6) is 0 Å². The molecule has 1 aromatic carbocycles. The zero-order chi connectivity index (χ0) is 13.4. The lowest BCUT2D eigenvalue weighted by atomic mass is 9.98. The SMILES string of the molecule is COC(=O)C(C)c1ccc2n1CCc1ccccc1-2. The number of esters is 1. The summed E-state index contributed by atoms with van der Waals surface area (Å²) in [7, 11) is 1.44. The van der Waals surface area contributed by atoms with Crippen LogP contribution in [-0.2, 0) is 22.5 Å². The van der Waals surface area contributed by atoms with E-state index in [0.29, 0.717) is 0 Å². The van der Waals surface area contributed by atoms with Crippen molar-refractivity contribution in [2.75, 3.05) is 7.11 Å². The van der Waals surface area contributed by atoms with Crippen LogP contribution in [0.4, 0.5) is 0 Å². The molecule has 3 heteroatoms. The van der Waals surface area contributed by atoms with E-state index in [9.17, 15) is 4.79 Å². The number of fused-ring (bicyclic) bond motifs is 3. The van der Waals surface area contributed by atoms with Crippen molar-refractivity contribution in [1.82, 2.24) is 4.57 Å². The van der Waals surface area contributed by atoms with E-state index in [2.05, 4.69) is 34.9 Å². The van der Waals surface area contributed by atoms with Crippen LogP contribution in [0.15, 0.2) is 36.4 Å². The van der Waals surface area contributed by atoms with Crippen LogP contribution in [-0.4, -0.2) is 17.6 Å². The molecule has 2 aromatic rings. The Morgan fingerprint density at radius 1 is 1.26 bits per heavy atom. The number of rotatable bonds is 2.